The van der Waals surface area contributed by atoms with Crippen LogP contribution in [0.4, 0.5) is 0 Å². The Morgan fingerprint density at radius 1 is 0.741 bits per heavy atom. The van der Waals surface area contributed by atoms with Crippen molar-refractivity contribution in [3.63, 3.8) is 0 Å². The Hall–Kier alpha value is -3.46. The van der Waals surface area contributed by atoms with Crippen LogP contribution in [0.15, 0.2) is 79.9 Å². The van der Waals surface area contributed by atoms with Gasteiger partial charge in [-0.1, -0.05) is 85.4 Å². The molecular weight excluding hydrogens is 327 g/mol. The zero-order valence-corrected chi connectivity index (χ0v) is 14.9. The quantitative estimate of drug-likeness (QED) is 0.485. The highest BCUT2D eigenvalue weighted by Gasteiger charge is 2.14. The number of benzene rings is 3. The van der Waals surface area contributed by atoms with Gasteiger partial charge in [0, 0.05) is 16.7 Å². The molecule has 0 aliphatic rings. The van der Waals surface area contributed by atoms with Crippen LogP contribution >= 0.6 is 0 Å². The molecule has 2 radical (unpaired) electrons. The van der Waals surface area contributed by atoms with E-state index < -0.39 is 0 Å². The van der Waals surface area contributed by atoms with Crippen LogP contribution in [-0.2, 0) is 0 Å². The van der Waals surface area contributed by atoms with E-state index in [2.05, 4.69) is 48.5 Å². The first kappa shape index (κ1) is 17.0. The first-order valence-corrected chi connectivity index (χ1v) is 8.71. The lowest BCUT2D eigenvalue weighted by atomic mass is 9.94. The van der Waals surface area contributed by atoms with Crippen LogP contribution in [0.5, 0.6) is 0 Å². The SMILES string of the molecule is [B]c1cccc(-c2nc(C=C)c(C=C)c(-c3ccc4ccccc4c3)n2)c1. The third-order valence-electron chi connectivity index (χ3n) is 4.54. The summed E-state index contributed by atoms with van der Waals surface area (Å²) in [7, 11) is 5.94. The van der Waals surface area contributed by atoms with Gasteiger partial charge in [0.15, 0.2) is 5.82 Å². The molecule has 27 heavy (non-hydrogen) atoms. The molecule has 0 atom stereocenters. The Bertz CT molecular complexity index is 1180. The molecule has 0 amide bonds. The molecule has 126 valence electrons. The molecule has 1 aromatic heterocycles. The smallest absolute Gasteiger partial charge is 0.160 e. The first-order chi connectivity index (χ1) is 13.2. The summed E-state index contributed by atoms with van der Waals surface area (Å²) in [5.74, 6) is 0.617. The van der Waals surface area contributed by atoms with Crippen molar-refractivity contribution in [1.29, 1.82) is 0 Å². The third-order valence-corrected chi connectivity index (χ3v) is 4.54. The normalized spacial score (nSPS) is 10.7. The highest BCUT2D eigenvalue weighted by atomic mass is 14.9. The summed E-state index contributed by atoms with van der Waals surface area (Å²) in [6, 6.07) is 22.2. The van der Waals surface area contributed by atoms with Gasteiger partial charge in [0.2, 0.25) is 0 Å². The van der Waals surface area contributed by atoms with E-state index >= 15 is 0 Å². The molecule has 0 spiro atoms. The summed E-state index contributed by atoms with van der Waals surface area (Å²) < 4.78 is 0. The predicted molar refractivity (Wildman–Crippen MR) is 116 cm³/mol. The Kier molecular flexibility index (Phi) is 4.43. The van der Waals surface area contributed by atoms with Gasteiger partial charge in [0.25, 0.3) is 0 Å². The maximum absolute atomic E-state index is 5.94. The van der Waals surface area contributed by atoms with E-state index in [0.29, 0.717) is 11.3 Å². The molecule has 0 bridgehead atoms. The van der Waals surface area contributed by atoms with Crippen molar-refractivity contribution in [2.24, 2.45) is 0 Å². The summed E-state index contributed by atoms with van der Waals surface area (Å²) in [6.07, 6.45) is 3.52. The Balaban J connectivity index is 1.98. The summed E-state index contributed by atoms with van der Waals surface area (Å²) in [4.78, 5) is 9.52. The molecule has 0 saturated heterocycles. The molecule has 0 N–H and O–H groups in total. The van der Waals surface area contributed by atoms with Gasteiger partial charge in [-0.3, -0.25) is 0 Å². The van der Waals surface area contributed by atoms with Crippen LogP contribution in [0.25, 0.3) is 45.6 Å². The minimum atomic E-state index is 0.617. The molecule has 3 heteroatoms. The van der Waals surface area contributed by atoms with Crippen molar-refractivity contribution in [2.75, 3.05) is 0 Å². The fourth-order valence-electron chi connectivity index (χ4n) is 3.21. The zero-order valence-electron chi connectivity index (χ0n) is 14.9. The van der Waals surface area contributed by atoms with Crippen LogP contribution in [0.2, 0.25) is 0 Å². The zero-order chi connectivity index (χ0) is 18.8. The van der Waals surface area contributed by atoms with Gasteiger partial charge in [-0.2, -0.15) is 0 Å². The second-order valence-corrected chi connectivity index (χ2v) is 6.29. The minimum Gasteiger partial charge on any atom is -0.228 e. The summed E-state index contributed by atoms with van der Waals surface area (Å²) in [5, 5.41) is 2.35. The number of fused-ring (bicyclic) bond motifs is 1. The molecule has 3 aromatic carbocycles. The van der Waals surface area contributed by atoms with Crippen molar-refractivity contribution in [3.8, 4) is 22.6 Å². The lowest BCUT2D eigenvalue weighted by molar-refractivity contribution is 1.16. The summed E-state index contributed by atoms with van der Waals surface area (Å²) in [6.45, 7) is 7.87. The number of hydrogen-bond donors (Lipinski definition) is 0. The van der Waals surface area contributed by atoms with Crippen LogP contribution in [0.1, 0.15) is 11.3 Å². The molecule has 4 rings (SSSR count). The molecule has 0 unspecified atom stereocenters. The second kappa shape index (κ2) is 7.04. The average Bonchev–Trinajstić information content (AvgIpc) is 2.72. The maximum Gasteiger partial charge on any atom is 0.160 e. The first-order valence-electron chi connectivity index (χ1n) is 8.71. The molecule has 0 aliphatic heterocycles. The van der Waals surface area contributed by atoms with E-state index in [4.69, 9.17) is 12.8 Å². The van der Waals surface area contributed by atoms with Crippen molar-refractivity contribution in [1.82, 2.24) is 9.97 Å². The van der Waals surface area contributed by atoms with Gasteiger partial charge in [0.1, 0.15) is 7.85 Å². The standard InChI is InChI=1S/C24H17BN2/c1-3-21-22(4-2)26-24(19-10-7-11-20(25)15-19)27-23(21)18-13-12-16-8-5-6-9-17(16)14-18/h3-15H,1-2H2. The Morgan fingerprint density at radius 3 is 2.30 bits per heavy atom. The van der Waals surface area contributed by atoms with Crippen molar-refractivity contribution >= 4 is 36.2 Å². The van der Waals surface area contributed by atoms with Gasteiger partial charge in [-0.05, 0) is 22.9 Å². The third kappa shape index (κ3) is 3.20. The maximum atomic E-state index is 5.94. The predicted octanol–water partition coefficient (Wildman–Crippen LogP) is 5.04. The molecule has 0 saturated carbocycles. The van der Waals surface area contributed by atoms with Gasteiger partial charge in [-0.15, -0.1) is 0 Å². The largest absolute Gasteiger partial charge is 0.228 e. The van der Waals surface area contributed by atoms with E-state index in [-0.39, 0.29) is 0 Å². The molecule has 1 heterocycles. The van der Waals surface area contributed by atoms with E-state index in [1.165, 1.54) is 5.39 Å². The summed E-state index contributed by atoms with van der Waals surface area (Å²) in [5.41, 5.74) is 5.01. The fraction of sp³-hybridized carbons (Fsp3) is 0. The summed E-state index contributed by atoms with van der Waals surface area (Å²) >= 11 is 0. The van der Waals surface area contributed by atoms with Crippen molar-refractivity contribution in [3.05, 3.63) is 91.1 Å². The fourth-order valence-corrected chi connectivity index (χ4v) is 3.21. The van der Waals surface area contributed by atoms with E-state index in [1.807, 2.05) is 36.4 Å². The topological polar surface area (TPSA) is 25.8 Å². The van der Waals surface area contributed by atoms with E-state index in [0.717, 1.165) is 33.5 Å². The lowest BCUT2D eigenvalue weighted by Crippen LogP contribution is -2.04. The van der Waals surface area contributed by atoms with Crippen LogP contribution in [0.3, 0.4) is 0 Å². The molecule has 2 nitrogen and oxygen atoms in total. The van der Waals surface area contributed by atoms with Crippen molar-refractivity contribution < 1.29 is 0 Å². The van der Waals surface area contributed by atoms with Crippen LogP contribution in [0, 0.1) is 0 Å². The van der Waals surface area contributed by atoms with Crippen LogP contribution in [-0.4, -0.2) is 17.8 Å². The molecule has 0 fully saturated rings. The van der Waals surface area contributed by atoms with Gasteiger partial charge >= 0.3 is 0 Å². The molecule has 4 aromatic rings. The van der Waals surface area contributed by atoms with Gasteiger partial charge in [0.05, 0.1) is 11.4 Å². The number of nitrogens with zero attached hydrogens (tertiary/aromatic N) is 2. The van der Waals surface area contributed by atoms with E-state index in [1.54, 1.807) is 12.2 Å². The monoisotopic (exact) mass is 344 g/mol. The van der Waals surface area contributed by atoms with Crippen LogP contribution < -0.4 is 5.46 Å². The van der Waals surface area contributed by atoms with Gasteiger partial charge < -0.3 is 0 Å². The molecule has 0 aliphatic carbocycles. The highest BCUT2D eigenvalue weighted by molar-refractivity contribution is 6.32. The van der Waals surface area contributed by atoms with Crippen molar-refractivity contribution in [2.45, 2.75) is 0 Å². The van der Waals surface area contributed by atoms with Gasteiger partial charge in [-0.25, -0.2) is 9.97 Å². The highest BCUT2D eigenvalue weighted by Crippen LogP contribution is 2.30. The number of hydrogen-bond acceptors (Lipinski definition) is 2. The lowest BCUT2D eigenvalue weighted by Gasteiger charge is -2.12. The average molecular weight is 344 g/mol. The van der Waals surface area contributed by atoms with E-state index in [9.17, 15) is 0 Å². The number of rotatable bonds is 4. The number of aromatic nitrogens is 2. The Labute approximate surface area is 160 Å². The Morgan fingerprint density at radius 2 is 1.56 bits per heavy atom. The second-order valence-electron chi connectivity index (χ2n) is 6.29. The minimum absolute atomic E-state index is 0.617. The molecular formula is C24H17BN2.